The van der Waals surface area contributed by atoms with E-state index in [1.54, 1.807) is 13.0 Å². The largest absolute Gasteiger partial charge is 0.360 e. The van der Waals surface area contributed by atoms with Gasteiger partial charge >= 0.3 is 0 Å². The molecule has 2 nitrogen and oxygen atoms in total. The van der Waals surface area contributed by atoms with Crippen LogP contribution in [0, 0.1) is 25.1 Å². The van der Waals surface area contributed by atoms with Crippen LogP contribution >= 0.6 is 0 Å². The molecule has 19 heavy (non-hydrogen) atoms. The number of hydrogen-bond acceptors (Lipinski definition) is 2. The molecule has 0 aliphatic carbocycles. The number of nitrogens with zero attached hydrogens (tertiary/aromatic N) is 1. The van der Waals surface area contributed by atoms with E-state index in [1.807, 2.05) is 19.9 Å². The Morgan fingerprint density at radius 1 is 1.42 bits per heavy atom. The summed E-state index contributed by atoms with van der Waals surface area (Å²) in [5, 5.41) is 3.32. The van der Waals surface area contributed by atoms with Crippen LogP contribution in [0.2, 0.25) is 0 Å². The predicted octanol–water partition coefficient (Wildman–Crippen LogP) is 3.26. The number of nitrogens with one attached hydrogen (secondary N) is 1. The number of aryl methyl sites for hydroxylation is 1. The standard InChI is InChI=1S/C16H23FN2/c1-6-9-19(8-3)16-10-12(4)15(17)11-14(16)13(5)18-7-2/h1,10-11,13,18H,7-9H2,2-5H3. The quantitative estimate of drug-likeness (QED) is 0.792. The first-order valence-electron chi connectivity index (χ1n) is 6.76. The number of terminal acetylenes is 1. The van der Waals surface area contributed by atoms with Crippen molar-refractivity contribution in [1.29, 1.82) is 0 Å². The van der Waals surface area contributed by atoms with Crippen molar-refractivity contribution >= 4 is 5.69 Å². The predicted molar refractivity (Wildman–Crippen MR) is 79.9 cm³/mol. The van der Waals surface area contributed by atoms with Gasteiger partial charge in [0.2, 0.25) is 0 Å². The van der Waals surface area contributed by atoms with Gasteiger partial charge in [-0.25, -0.2) is 4.39 Å². The molecule has 0 aromatic heterocycles. The summed E-state index contributed by atoms with van der Waals surface area (Å²) >= 11 is 0. The molecule has 1 rings (SSSR count). The van der Waals surface area contributed by atoms with Crippen molar-refractivity contribution in [3.05, 3.63) is 29.1 Å². The zero-order chi connectivity index (χ0) is 14.4. The molecule has 0 saturated heterocycles. The lowest BCUT2D eigenvalue weighted by Crippen LogP contribution is -2.27. The summed E-state index contributed by atoms with van der Waals surface area (Å²) in [5.74, 6) is 2.49. The third-order valence-corrected chi connectivity index (χ3v) is 3.29. The fourth-order valence-electron chi connectivity index (χ4n) is 2.20. The number of anilines is 1. The van der Waals surface area contributed by atoms with Crippen LogP contribution < -0.4 is 10.2 Å². The topological polar surface area (TPSA) is 15.3 Å². The Bertz CT molecular complexity index is 463. The van der Waals surface area contributed by atoms with E-state index in [0.717, 1.165) is 24.3 Å². The molecule has 0 bridgehead atoms. The fourth-order valence-corrected chi connectivity index (χ4v) is 2.20. The van der Waals surface area contributed by atoms with E-state index in [4.69, 9.17) is 6.42 Å². The van der Waals surface area contributed by atoms with Crippen molar-refractivity contribution in [3.63, 3.8) is 0 Å². The smallest absolute Gasteiger partial charge is 0.126 e. The zero-order valence-corrected chi connectivity index (χ0v) is 12.3. The van der Waals surface area contributed by atoms with E-state index in [-0.39, 0.29) is 11.9 Å². The lowest BCUT2D eigenvalue weighted by Gasteiger charge is -2.27. The van der Waals surface area contributed by atoms with Gasteiger partial charge in [-0.05, 0) is 50.6 Å². The maximum absolute atomic E-state index is 13.8. The lowest BCUT2D eigenvalue weighted by molar-refractivity contribution is 0.578. The van der Waals surface area contributed by atoms with Crippen LogP contribution in [0.15, 0.2) is 12.1 Å². The van der Waals surface area contributed by atoms with Gasteiger partial charge in [0, 0.05) is 18.3 Å². The van der Waals surface area contributed by atoms with Crippen LogP contribution in [0.3, 0.4) is 0 Å². The van der Waals surface area contributed by atoms with E-state index >= 15 is 0 Å². The van der Waals surface area contributed by atoms with Gasteiger partial charge in [0.1, 0.15) is 5.82 Å². The Hall–Kier alpha value is -1.53. The number of rotatable bonds is 6. The minimum atomic E-state index is -0.166. The average Bonchev–Trinajstić information content (AvgIpc) is 2.39. The van der Waals surface area contributed by atoms with Crippen LogP contribution in [0.1, 0.15) is 37.9 Å². The van der Waals surface area contributed by atoms with E-state index in [9.17, 15) is 4.39 Å². The fraction of sp³-hybridized carbons (Fsp3) is 0.500. The molecule has 1 atom stereocenters. The van der Waals surface area contributed by atoms with E-state index < -0.39 is 0 Å². The molecule has 0 aliphatic rings. The molecule has 0 spiro atoms. The van der Waals surface area contributed by atoms with Crippen molar-refractivity contribution in [1.82, 2.24) is 5.32 Å². The minimum absolute atomic E-state index is 0.0990. The molecular formula is C16H23FN2. The highest BCUT2D eigenvalue weighted by Gasteiger charge is 2.16. The molecule has 104 valence electrons. The second-order valence-corrected chi connectivity index (χ2v) is 4.66. The molecule has 1 aromatic carbocycles. The van der Waals surface area contributed by atoms with Crippen LogP contribution in [0.5, 0.6) is 0 Å². The van der Waals surface area contributed by atoms with Crippen LogP contribution in [0.4, 0.5) is 10.1 Å². The Morgan fingerprint density at radius 3 is 2.63 bits per heavy atom. The summed E-state index contributed by atoms with van der Waals surface area (Å²) in [5.41, 5.74) is 2.63. The molecule has 0 aliphatic heterocycles. The monoisotopic (exact) mass is 262 g/mol. The third-order valence-electron chi connectivity index (χ3n) is 3.29. The summed E-state index contributed by atoms with van der Waals surface area (Å²) in [6, 6.07) is 3.61. The Kier molecular flexibility index (Phi) is 5.85. The van der Waals surface area contributed by atoms with Gasteiger partial charge < -0.3 is 10.2 Å². The summed E-state index contributed by atoms with van der Waals surface area (Å²) in [6.07, 6.45) is 5.41. The van der Waals surface area contributed by atoms with Crippen LogP contribution in [-0.2, 0) is 0 Å². The van der Waals surface area contributed by atoms with Crippen molar-refractivity contribution in [2.45, 2.75) is 33.7 Å². The summed E-state index contributed by atoms with van der Waals surface area (Å²) in [6.45, 7) is 10.1. The molecule has 1 unspecified atom stereocenters. The first-order chi connectivity index (χ1) is 9.04. The van der Waals surface area contributed by atoms with Crippen molar-refractivity contribution in [2.75, 3.05) is 24.5 Å². The Labute approximate surface area is 116 Å². The molecule has 0 heterocycles. The molecule has 0 fully saturated rings. The van der Waals surface area contributed by atoms with E-state index in [0.29, 0.717) is 12.1 Å². The number of hydrogen-bond donors (Lipinski definition) is 1. The lowest BCUT2D eigenvalue weighted by atomic mass is 10.0. The highest BCUT2D eigenvalue weighted by atomic mass is 19.1. The SMILES string of the molecule is C#CCN(CC)c1cc(C)c(F)cc1C(C)NCC. The highest BCUT2D eigenvalue weighted by Crippen LogP contribution is 2.29. The first kappa shape index (κ1) is 15.5. The molecule has 1 aromatic rings. The second kappa shape index (κ2) is 7.16. The highest BCUT2D eigenvalue weighted by molar-refractivity contribution is 5.57. The molecule has 0 amide bonds. The summed E-state index contributed by atoms with van der Waals surface area (Å²) < 4.78 is 13.8. The van der Waals surface area contributed by atoms with Crippen LogP contribution in [0.25, 0.3) is 0 Å². The van der Waals surface area contributed by atoms with Crippen molar-refractivity contribution in [3.8, 4) is 12.3 Å². The van der Waals surface area contributed by atoms with Gasteiger partial charge in [-0.1, -0.05) is 12.8 Å². The van der Waals surface area contributed by atoms with E-state index in [2.05, 4.69) is 23.1 Å². The van der Waals surface area contributed by atoms with Crippen molar-refractivity contribution in [2.24, 2.45) is 0 Å². The second-order valence-electron chi connectivity index (χ2n) is 4.66. The van der Waals surface area contributed by atoms with Crippen molar-refractivity contribution < 1.29 is 4.39 Å². The maximum atomic E-state index is 13.8. The summed E-state index contributed by atoms with van der Waals surface area (Å²) in [4.78, 5) is 2.09. The molecule has 1 N–H and O–H groups in total. The Balaban J connectivity index is 3.26. The van der Waals surface area contributed by atoms with Crippen LogP contribution in [-0.4, -0.2) is 19.6 Å². The molecule has 0 radical (unpaired) electrons. The zero-order valence-electron chi connectivity index (χ0n) is 12.3. The van der Waals surface area contributed by atoms with E-state index in [1.165, 1.54) is 0 Å². The molecule has 0 saturated carbocycles. The average molecular weight is 262 g/mol. The minimum Gasteiger partial charge on any atom is -0.360 e. The molecular weight excluding hydrogens is 239 g/mol. The first-order valence-corrected chi connectivity index (χ1v) is 6.76. The Morgan fingerprint density at radius 2 is 2.11 bits per heavy atom. The third kappa shape index (κ3) is 3.71. The summed E-state index contributed by atoms with van der Waals surface area (Å²) in [7, 11) is 0. The van der Waals surface area contributed by atoms with Gasteiger partial charge in [-0.15, -0.1) is 6.42 Å². The number of halogens is 1. The van der Waals surface area contributed by atoms with Gasteiger partial charge in [-0.3, -0.25) is 0 Å². The van der Waals surface area contributed by atoms with Gasteiger partial charge in [-0.2, -0.15) is 0 Å². The molecule has 3 heteroatoms. The number of benzene rings is 1. The van der Waals surface area contributed by atoms with Gasteiger partial charge in [0.15, 0.2) is 0 Å². The van der Waals surface area contributed by atoms with Gasteiger partial charge in [0.05, 0.1) is 6.54 Å². The van der Waals surface area contributed by atoms with Gasteiger partial charge in [0.25, 0.3) is 0 Å². The maximum Gasteiger partial charge on any atom is 0.126 e. The normalized spacial score (nSPS) is 12.0.